The lowest BCUT2D eigenvalue weighted by molar-refractivity contribution is 0.110. The van der Waals surface area contributed by atoms with E-state index in [2.05, 4.69) is 56.0 Å². The minimum atomic E-state index is 0.00458. The monoisotopic (exact) mass is 562 g/mol. The highest BCUT2D eigenvalue weighted by Gasteiger charge is 2.30. The third kappa shape index (κ3) is 9.89. The second-order valence-electron chi connectivity index (χ2n) is 12.5. The maximum Gasteiger partial charge on any atom is 0.119 e. The highest BCUT2D eigenvalue weighted by atomic mass is 16.5. The van der Waals surface area contributed by atoms with Crippen LogP contribution in [-0.4, -0.2) is 38.6 Å². The van der Waals surface area contributed by atoms with Crippen molar-refractivity contribution in [2.45, 2.75) is 84.0 Å². The Bertz CT molecular complexity index is 1020. The van der Waals surface area contributed by atoms with Crippen LogP contribution >= 0.6 is 0 Å². The number of ether oxygens (including phenoxy) is 3. The van der Waals surface area contributed by atoms with Crippen LogP contribution in [0.3, 0.4) is 0 Å². The largest absolute Gasteiger partial charge is 0.497 e. The van der Waals surface area contributed by atoms with Gasteiger partial charge in [0.05, 0.1) is 19.8 Å². The van der Waals surface area contributed by atoms with Crippen molar-refractivity contribution < 1.29 is 19.3 Å². The van der Waals surface area contributed by atoms with Crippen LogP contribution in [0.4, 0.5) is 0 Å². The van der Waals surface area contributed by atoms with E-state index >= 15 is 0 Å². The van der Waals surface area contributed by atoms with Gasteiger partial charge in [0.2, 0.25) is 0 Å². The Balaban J connectivity index is 1.27. The first-order valence-corrected chi connectivity index (χ1v) is 16.2. The van der Waals surface area contributed by atoms with Crippen molar-refractivity contribution in [3.05, 3.63) is 83.4 Å². The smallest absolute Gasteiger partial charge is 0.119 e. The summed E-state index contributed by atoms with van der Waals surface area (Å²) in [7, 11) is 1.69. The van der Waals surface area contributed by atoms with Crippen LogP contribution in [0.2, 0.25) is 0 Å². The Hall–Kier alpha value is -2.30. The third-order valence-corrected chi connectivity index (χ3v) is 9.67. The van der Waals surface area contributed by atoms with Gasteiger partial charge in [0, 0.05) is 37.9 Å². The number of hydrogen-bond donors (Lipinski definition) is 1. The molecule has 4 heteroatoms. The van der Waals surface area contributed by atoms with E-state index in [1.165, 1.54) is 63.4 Å². The number of methoxy groups -OCH3 is 1. The number of aliphatic hydroxyl groups is 1. The van der Waals surface area contributed by atoms with Gasteiger partial charge in [0.1, 0.15) is 18.1 Å². The van der Waals surface area contributed by atoms with Crippen LogP contribution in [0, 0.1) is 29.6 Å². The quantitative estimate of drug-likeness (QED) is 0.160. The molecule has 4 nitrogen and oxygen atoms in total. The molecule has 0 aromatic carbocycles. The number of rotatable bonds is 15. The van der Waals surface area contributed by atoms with Crippen LogP contribution in [-0.2, 0) is 14.2 Å². The Morgan fingerprint density at radius 1 is 1.00 bits per heavy atom. The standard InChI is InChI=1S/C37H54O4/c1-4-5-6-7-29-8-10-30(11-9-29)31-12-14-32(15-13-31)33-16-18-34(19-17-33)35-24-36(40-21-20-28(2)27-38)26-37(25-35)41-23-22-39-3/h4-5,14,16,18-19,25-26,29-31,33,35,38H,2,6-13,15,17,20-24,27H2,1,3H3/b5-4+. The van der Waals surface area contributed by atoms with Crippen LogP contribution < -0.4 is 0 Å². The summed E-state index contributed by atoms with van der Waals surface area (Å²) in [6.07, 6.45) is 33.5. The Morgan fingerprint density at radius 2 is 1.85 bits per heavy atom. The molecule has 226 valence electrons. The fourth-order valence-electron chi connectivity index (χ4n) is 7.07. The van der Waals surface area contributed by atoms with Crippen LogP contribution in [0.5, 0.6) is 0 Å². The fraction of sp³-hybridized carbons (Fsp3) is 0.622. The minimum Gasteiger partial charge on any atom is -0.497 e. The molecule has 41 heavy (non-hydrogen) atoms. The Labute approximate surface area is 249 Å². The molecule has 3 unspecified atom stereocenters. The SMILES string of the molecule is C=C(CO)CCOC1=CC(OCCOC)=CC(C2=CCC(C3=CCC(C4CCC(CC/C=C/C)CC4)CC3)C=C2)C1. The zero-order valence-electron chi connectivity index (χ0n) is 25.7. The zero-order valence-corrected chi connectivity index (χ0v) is 25.7. The molecule has 1 N–H and O–H groups in total. The second-order valence-corrected chi connectivity index (χ2v) is 12.5. The van der Waals surface area contributed by atoms with Gasteiger partial charge in [0.15, 0.2) is 0 Å². The molecule has 4 rings (SSSR count). The first-order valence-electron chi connectivity index (χ1n) is 16.2. The van der Waals surface area contributed by atoms with Crippen LogP contribution in [0.25, 0.3) is 0 Å². The van der Waals surface area contributed by atoms with Gasteiger partial charge in [-0.05, 0) is 93.3 Å². The summed E-state index contributed by atoms with van der Waals surface area (Å²) < 4.78 is 17.2. The van der Waals surface area contributed by atoms with Crippen molar-refractivity contribution in [2.75, 3.05) is 33.5 Å². The molecule has 3 atom stereocenters. The molecule has 0 heterocycles. The molecule has 0 bridgehead atoms. The first-order chi connectivity index (χ1) is 20.1. The molecule has 1 fully saturated rings. The third-order valence-electron chi connectivity index (χ3n) is 9.67. The van der Waals surface area contributed by atoms with E-state index in [-0.39, 0.29) is 12.5 Å². The van der Waals surface area contributed by atoms with Gasteiger partial charge in [-0.3, -0.25) is 0 Å². The summed E-state index contributed by atoms with van der Waals surface area (Å²) in [5, 5.41) is 9.24. The highest BCUT2D eigenvalue weighted by Crippen LogP contribution is 2.43. The lowest BCUT2D eigenvalue weighted by Gasteiger charge is -2.36. The Morgan fingerprint density at radius 3 is 2.54 bits per heavy atom. The molecule has 0 saturated heterocycles. The van der Waals surface area contributed by atoms with Gasteiger partial charge in [-0.1, -0.05) is 61.4 Å². The molecule has 4 aliphatic rings. The van der Waals surface area contributed by atoms with Crippen molar-refractivity contribution in [2.24, 2.45) is 29.6 Å². The molecular formula is C37H54O4. The average Bonchev–Trinajstić information content (AvgIpc) is 3.02. The summed E-state index contributed by atoms with van der Waals surface area (Å²) in [5.74, 6) is 5.37. The van der Waals surface area contributed by atoms with Crippen molar-refractivity contribution in [3.63, 3.8) is 0 Å². The van der Waals surface area contributed by atoms with Crippen LogP contribution in [0.1, 0.15) is 84.0 Å². The fourth-order valence-corrected chi connectivity index (χ4v) is 7.07. The van der Waals surface area contributed by atoms with E-state index < -0.39 is 0 Å². The van der Waals surface area contributed by atoms with Crippen molar-refractivity contribution in [1.82, 2.24) is 0 Å². The Kier molecular flexibility index (Phi) is 13.1. The molecule has 0 aromatic rings. The number of hydrogen-bond acceptors (Lipinski definition) is 4. The zero-order chi connectivity index (χ0) is 28.9. The molecular weight excluding hydrogens is 508 g/mol. The normalized spacial score (nSPS) is 28.5. The molecule has 0 amide bonds. The minimum absolute atomic E-state index is 0.00458. The van der Waals surface area contributed by atoms with Gasteiger partial charge < -0.3 is 19.3 Å². The summed E-state index contributed by atoms with van der Waals surface area (Å²) in [6.45, 7) is 7.61. The average molecular weight is 563 g/mol. The molecule has 0 radical (unpaired) electrons. The van der Waals surface area contributed by atoms with Gasteiger partial charge >= 0.3 is 0 Å². The number of aliphatic hydroxyl groups excluding tert-OH is 1. The van der Waals surface area contributed by atoms with E-state index in [4.69, 9.17) is 14.2 Å². The topological polar surface area (TPSA) is 47.9 Å². The van der Waals surface area contributed by atoms with E-state index in [0.717, 1.165) is 47.7 Å². The predicted molar refractivity (Wildman–Crippen MR) is 169 cm³/mol. The van der Waals surface area contributed by atoms with Crippen molar-refractivity contribution in [1.29, 1.82) is 0 Å². The maximum absolute atomic E-state index is 9.24. The van der Waals surface area contributed by atoms with Crippen molar-refractivity contribution in [3.8, 4) is 0 Å². The summed E-state index contributed by atoms with van der Waals surface area (Å²) in [5.41, 5.74) is 3.80. The lowest BCUT2D eigenvalue weighted by atomic mass is 9.69. The lowest BCUT2D eigenvalue weighted by Crippen LogP contribution is -2.24. The highest BCUT2D eigenvalue weighted by molar-refractivity contribution is 5.37. The van der Waals surface area contributed by atoms with E-state index in [1.54, 1.807) is 12.7 Å². The van der Waals surface area contributed by atoms with E-state index in [9.17, 15) is 5.11 Å². The maximum atomic E-state index is 9.24. The predicted octanol–water partition coefficient (Wildman–Crippen LogP) is 8.78. The van der Waals surface area contributed by atoms with Crippen LogP contribution in [0.15, 0.2) is 83.4 Å². The number of allylic oxidation sites excluding steroid dienone is 11. The summed E-state index contributed by atoms with van der Waals surface area (Å²) in [6, 6.07) is 0. The van der Waals surface area contributed by atoms with Crippen molar-refractivity contribution >= 4 is 0 Å². The second kappa shape index (κ2) is 17.0. The molecule has 0 spiro atoms. The summed E-state index contributed by atoms with van der Waals surface area (Å²) in [4.78, 5) is 0. The molecule has 0 aromatic heterocycles. The summed E-state index contributed by atoms with van der Waals surface area (Å²) >= 11 is 0. The van der Waals surface area contributed by atoms with E-state index in [0.29, 0.717) is 32.2 Å². The van der Waals surface area contributed by atoms with E-state index in [1.807, 2.05) is 6.08 Å². The van der Waals surface area contributed by atoms with Gasteiger partial charge in [-0.25, -0.2) is 0 Å². The molecule has 0 aliphatic heterocycles. The van der Waals surface area contributed by atoms with Gasteiger partial charge in [-0.2, -0.15) is 0 Å². The molecule has 4 aliphatic carbocycles. The van der Waals surface area contributed by atoms with Gasteiger partial charge in [-0.15, -0.1) is 0 Å². The first kappa shape index (κ1) is 31.6. The molecule has 1 saturated carbocycles. The van der Waals surface area contributed by atoms with Gasteiger partial charge in [0.25, 0.3) is 0 Å².